The summed E-state index contributed by atoms with van der Waals surface area (Å²) in [5.41, 5.74) is 0.632. The molecule has 0 aliphatic carbocycles. The van der Waals surface area contributed by atoms with Gasteiger partial charge >= 0.3 is 0 Å². The minimum Gasteiger partial charge on any atom is -0.508 e. The average Bonchev–Trinajstić information content (AvgIpc) is 2.24. The van der Waals surface area contributed by atoms with Crippen molar-refractivity contribution in [3.63, 3.8) is 0 Å². The van der Waals surface area contributed by atoms with Crippen LogP contribution in [0, 0.1) is 5.92 Å². The minimum atomic E-state index is -0.416. The third-order valence-electron chi connectivity index (χ3n) is 2.86. The summed E-state index contributed by atoms with van der Waals surface area (Å²) in [5.74, 6) is 0.835. The molecule has 0 spiro atoms. The molecule has 0 radical (unpaired) electrons. The summed E-state index contributed by atoms with van der Waals surface area (Å²) in [6, 6.07) is 7.14. The van der Waals surface area contributed by atoms with Gasteiger partial charge in [0.15, 0.2) is 0 Å². The number of phenols is 1. The number of hydrogen-bond acceptors (Lipinski definition) is 3. The van der Waals surface area contributed by atoms with Crippen molar-refractivity contribution in [2.24, 2.45) is 5.92 Å². The third-order valence-corrected chi connectivity index (χ3v) is 2.86. The topological polar surface area (TPSA) is 41.5 Å². The Labute approximate surface area is 102 Å². The second-order valence-corrected chi connectivity index (χ2v) is 4.38. The van der Waals surface area contributed by atoms with E-state index in [2.05, 4.69) is 12.2 Å². The highest BCUT2D eigenvalue weighted by atomic mass is 35.5. The average molecular weight is 244 g/mol. The molecule has 2 unspecified atom stereocenters. The Balaban J connectivity index is 0.00000128. The van der Waals surface area contributed by atoms with Crippen LogP contribution in [-0.4, -0.2) is 18.3 Å². The van der Waals surface area contributed by atoms with Gasteiger partial charge in [0.25, 0.3) is 0 Å². The molecule has 2 rings (SSSR count). The van der Waals surface area contributed by atoms with Crippen molar-refractivity contribution in [3.8, 4) is 5.75 Å². The van der Waals surface area contributed by atoms with Crippen LogP contribution in [0.1, 0.15) is 19.4 Å². The molecule has 2 atom stereocenters. The lowest BCUT2D eigenvalue weighted by atomic mass is 10.0. The van der Waals surface area contributed by atoms with Crippen molar-refractivity contribution in [3.05, 3.63) is 29.8 Å². The van der Waals surface area contributed by atoms with Crippen LogP contribution in [0.4, 0.5) is 0 Å². The summed E-state index contributed by atoms with van der Waals surface area (Å²) in [6.07, 6.45) is 0. The molecule has 1 saturated heterocycles. The van der Waals surface area contributed by atoms with E-state index in [0.717, 1.165) is 18.7 Å². The normalized spacial score (nSPS) is 29.5. The molecule has 90 valence electrons. The summed E-state index contributed by atoms with van der Waals surface area (Å²) in [6.45, 7) is 5.90. The smallest absolute Gasteiger partial charge is 0.142 e. The predicted octanol–water partition coefficient (Wildman–Crippen LogP) is 2.24. The van der Waals surface area contributed by atoms with Crippen molar-refractivity contribution in [1.29, 1.82) is 0 Å². The number of ether oxygens (including phenoxy) is 1. The fourth-order valence-electron chi connectivity index (χ4n) is 1.75. The molecule has 2 N–H and O–H groups in total. The fraction of sp³-hybridized carbons (Fsp3) is 0.500. The molecule has 1 aromatic carbocycles. The van der Waals surface area contributed by atoms with Crippen molar-refractivity contribution in [2.45, 2.75) is 19.6 Å². The second-order valence-electron chi connectivity index (χ2n) is 4.38. The summed E-state index contributed by atoms with van der Waals surface area (Å²) >= 11 is 0. The summed E-state index contributed by atoms with van der Waals surface area (Å²) in [5, 5.41) is 12.6. The monoisotopic (exact) mass is 243 g/mol. The van der Waals surface area contributed by atoms with E-state index in [9.17, 15) is 5.11 Å². The number of hydrogen-bond donors (Lipinski definition) is 2. The van der Waals surface area contributed by atoms with Crippen molar-refractivity contribution in [2.75, 3.05) is 13.2 Å². The van der Waals surface area contributed by atoms with E-state index in [1.54, 1.807) is 12.1 Å². The Kier molecular flexibility index (Phi) is 4.19. The van der Waals surface area contributed by atoms with Gasteiger partial charge in [-0.15, -0.1) is 12.4 Å². The lowest BCUT2D eigenvalue weighted by molar-refractivity contribution is -0.106. The van der Waals surface area contributed by atoms with Gasteiger partial charge < -0.3 is 9.84 Å². The van der Waals surface area contributed by atoms with Crippen molar-refractivity contribution < 1.29 is 9.84 Å². The number of rotatable bonds is 1. The van der Waals surface area contributed by atoms with Gasteiger partial charge in [0, 0.05) is 6.54 Å². The quantitative estimate of drug-likeness (QED) is 0.795. The van der Waals surface area contributed by atoms with Gasteiger partial charge in [0.1, 0.15) is 11.5 Å². The van der Waals surface area contributed by atoms with Gasteiger partial charge in [-0.1, -0.05) is 19.1 Å². The van der Waals surface area contributed by atoms with Crippen LogP contribution in [0.25, 0.3) is 0 Å². The molecular formula is C12H18ClNO2. The van der Waals surface area contributed by atoms with Gasteiger partial charge in [0.2, 0.25) is 0 Å². The largest absolute Gasteiger partial charge is 0.508 e. The Morgan fingerprint density at radius 2 is 2.00 bits per heavy atom. The molecule has 1 aliphatic rings. The zero-order chi connectivity index (χ0) is 10.9. The maximum atomic E-state index is 9.22. The zero-order valence-corrected chi connectivity index (χ0v) is 10.4. The van der Waals surface area contributed by atoms with Crippen LogP contribution in [0.2, 0.25) is 0 Å². The summed E-state index contributed by atoms with van der Waals surface area (Å²) in [7, 11) is 0. The van der Waals surface area contributed by atoms with Gasteiger partial charge in [-0.05, 0) is 30.5 Å². The molecule has 1 aliphatic heterocycles. The number of halogens is 1. The highest BCUT2D eigenvalue weighted by Crippen LogP contribution is 2.27. The fourth-order valence-corrected chi connectivity index (χ4v) is 1.75. The third kappa shape index (κ3) is 2.67. The number of nitrogens with one attached hydrogen (secondary N) is 1. The first-order valence-corrected chi connectivity index (χ1v) is 5.29. The number of benzene rings is 1. The van der Waals surface area contributed by atoms with Crippen LogP contribution in [0.5, 0.6) is 5.75 Å². The molecule has 16 heavy (non-hydrogen) atoms. The predicted molar refractivity (Wildman–Crippen MR) is 65.8 cm³/mol. The van der Waals surface area contributed by atoms with E-state index in [-0.39, 0.29) is 18.2 Å². The van der Waals surface area contributed by atoms with Gasteiger partial charge in [-0.2, -0.15) is 0 Å². The highest BCUT2D eigenvalue weighted by molar-refractivity contribution is 5.85. The standard InChI is InChI=1S/C12H17NO2.ClH/c1-9-7-13-12(2,15-8-9)10-3-5-11(14)6-4-10;/h3-6,9,13-14H,7-8H2,1-2H3;1H. The second kappa shape index (κ2) is 5.04. The molecule has 0 aromatic heterocycles. The number of phenolic OH excluding ortho intramolecular Hbond substituents is 1. The van der Waals surface area contributed by atoms with E-state index in [1.807, 2.05) is 19.1 Å². The Hall–Kier alpha value is -0.770. The lowest BCUT2D eigenvalue weighted by Crippen LogP contribution is -2.49. The van der Waals surface area contributed by atoms with Crippen LogP contribution in [0.3, 0.4) is 0 Å². The molecule has 3 nitrogen and oxygen atoms in total. The van der Waals surface area contributed by atoms with Crippen LogP contribution < -0.4 is 5.32 Å². The first-order valence-electron chi connectivity index (χ1n) is 5.29. The zero-order valence-electron chi connectivity index (χ0n) is 9.56. The van der Waals surface area contributed by atoms with E-state index < -0.39 is 5.72 Å². The molecule has 1 aromatic rings. The van der Waals surface area contributed by atoms with E-state index in [4.69, 9.17) is 4.74 Å². The Bertz CT molecular complexity index is 331. The van der Waals surface area contributed by atoms with Crippen LogP contribution >= 0.6 is 12.4 Å². The van der Waals surface area contributed by atoms with Gasteiger partial charge in [-0.25, -0.2) is 0 Å². The van der Waals surface area contributed by atoms with Crippen LogP contribution in [0.15, 0.2) is 24.3 Å². The SMILES string of the molecule is CC1CNC(C)(c2ccc(O)cc2)OC1.Cl. The van der Waals surface area contributed by atoms with E-state index >= 15 is 0 Å². The van der Waals surface area contributed by atoms with Crippen molar-refractivity contribution >= 4 is 12.4 Å². The molecule has 0 saturated carbocycles. The van der Waals surface area contributed by atoms with Gasteiger partial charge in [-0.3, -0.25) is 5.32 Å². The highest BCUT2D eigenvalue weighted by Gasteiger charge is 2.31. The van der Waals surface area contributed by atoms with E-state index in [1.165, 1.54) is 0 Å². The molecular weight excluding hydrogens is 226 g/mol. The van der Waals surface area contributed by atoms with Gasteiger partial charge in [0.05, 0.1) is 6.61 Å². The molecule has 1 fully saturated rings. The minimum absolute atomic E-state index is 0. The maximum absolute atomic E-state index is 9.22. The maximum Gasteiger partial charge on any atom is 0.142 e. The molecule has 0 bridgehead atoms. The van der Waals surface area contributed by atoms with E-state index in [0.29, 0.717) is 5.92 Å². The summed E-state index contributed by atoms with van der Waals surface area (Å²) < 4.78 is 5.81. The molecule has 1 heterocycles. The molecule has 0 amide bonds. The lowest BCUT2D eigenvalue weighted by Gasteiger charge is -2.38. The first-order chi connectivity index (χ1) is 7.10. The first kappa shape index (κ1) is 13.3. The number of aromatic hydroxyl groups is 1. The molecule has 4 heteroatoms. The van der Waals surface area contributed by atoms with Crippen molar-refractivity contribution in [1.82, 2.24) is 5.32 Å². The summed E-state index contributed by atoms with van der Waals surface area (Å²) in [4.78, 5) is 0. The Morgan fingerprint density at radius 3 is 2.50 bits per heavy atom. The van der Waals surface area contributed by atoms with Crippen LogP contribution in [-0.2, 0) is 10.5 Å². The Morgan fingerprint density at radius 1 is 1.38 bits per heavy atom.